The zero-order valence-corrected chi connectivity index (χ0v) is 11.8. The van der Waals surface area contributed by atoms with Gasteiger partial charge < -0.3 is 5.32 Å². The molecule has 0 aromatic rings. The van der Waals surface area contributed by atoms with Crippen molar-refractivity contribution in [1.82, 2.24) is 10.2 Å². The molecule has 1 N–H and O–H groups in total. The van der Waals surface area contributed by atoms with Gasteiger partial charge in [-0.25, -0.2) is 0 Å². The minimum absolute atomic E-state index is 0.665. The fourth-order valence-corrected chi connectivity index (χ4v) is 2.27. The summed E-state index contributed by atoms with van der Waals surface area (Å²) < 4.78 is 0. The summed E-state index contributed by atoms with van der Waals surface area (Å²) in [5.41, 5.74) is 0. The van der Waals surface area contributed by atoms with Crippen LogP contribution in [-0.2, 0) is 0 Å². The zero-order chi connectivity index (χ0) is 12.1. The van der Waals surface area contributed by atoms with Crippen LogP contribution < -0.4 is 5.32 Å². The van der Waals surface area contributed by atoms with E-state index in [0.29, 0.717) is 12.1 Å². The van der Waals surface area contributed by atoms with E-state index in [2.05, 4.69) is 44.8 Å². The highest BCUT2D eigenvalue weighted by Gasteiger charge is 2.22. The lowest BCUT2D eigenvalue weighted by Crippen LogP contribution is -2.42. The molecule has 1 unspecified atom stereocenters. The van der Waals surface area contributed by atoms with Crippen LogP contribution in [0.3, 0.4) is 0 Å². The number of hydrogen-bond donors (Lipinski definition) is 1. The Morgan fingerprint density at radius 1 is 1.12 bits per heavy atom. The molecule has 1 aliphatic rings. The van der Waals surface area contributed by atoms with Crippen LogP contribution >= 0.6 is 0 Å². The lowest BCUT2D eigenvalue weighted by molar-refractivity contribution is 0.138. The van der Waals surface area contributed by atoms with Crippen molar-refractivity contribution >= 4 is 0 Å². The van der Waals surface area contributed by atoms with Crippen molar-refractivity contribution in [2.45, 2.75) is 72.0 Å². The number of hydrogen-bond acceptors (Lipinski definition) is 2. The average molecular weight is 226 g/mol. The summed E-state index contributed by atoms with van der Waals surface area (Å²) >= 11 is 0. The van der Waals surface area contributed by atoms with Gasteiger partial charge in [0.1, 0.15) is 0 Å². The summed E-state index contributed by atoms with van der Waals surface area (Å²) in [4.78, 5) is 2.64. The van der Waals surface area contributed by atoms with E-state index in [0.717, 1.165) is 12.0 Å². The van der Waals surface area contributed by atoms with Gasteiger partial charge in [-0.15, -0.1) is 0 Å². The van der Waals surface area contributed by atoms with E-state index in [-0.39, 0.29) is 0 Å². The highest BCUT2D eigenvalue weighted by molar-refractivity contribution is 4.81. The Bertz CT molecular complexity index is 185. The molecule has 0 aromatic carbocycles. The molecule has 0 heterocycles. The maximum absolute atomic E-state index is 3.61. The van der Waals surface area contributed by atoms with Gasteiger partial charge in [0.15, 0.2) is 0 Å². The molecule has 2 nitrogen and oxygen atoms in total. The maximum atomic E-state index is 3.61. The molecular weight excluding hydrogens is 196 g/mol. The number of nitrogens with one attached hydrogen (secondary N) is 1. The van der Waals surface area contributed by atoms with Gasteiger partial charge in [-0.1, -0.05) is 13.8 Å². The SMILES string of the molecule is CC(C)CN(C(C)C)C(C)CCNC1CC1. The second-order valence-corrected chi connectivity index (χ2v) is 6.05. The van der Waals surface area contributed by atoms with Crippen LogP contribution in [-0.4, -0.2) is 36.1 Å². The first-order valence-corrected chi connectivity index (χ1v) is 6.99. The molecule has 1 rings (SSSR count). The molecule has 1 fully saturated rings. The predicted molar refractivity (Wildman–Crippen MR) is 71.8 cm³/mol. The predicted octanol–water partition coefficient (Wildman–Crippen LogP) is 2.88. The molecular formula is C14H30N2. The van der Waals surface area contributed by atoms with Gasteiger partial charge in [-0.2, -0.15) is 0 Å². The van der Waals surface area contributed by atoms with Gasteiger partial charge in [0.05, 0.1) is 0 Å². The molecule has 1 atom stereocenters. The van der Waals surface area contributed by atoms with E-state index < -0.39 is 0 Å². The molecule has 1 saturated carbocycles. The molecule has 0 amide bonds. The van der Waals surface area contributed by atoms with Gasteiger partial charge in [0, 0.05) is 24.7 Å². The standard InChI is InChI=1S/C14H30N2/c1-11(2)10-16(12(3)4)13(5)8-9-15-14-6-7-14/h11-15H,6-10H2,1-5H3. The van der Waals surface area contributed by atoms with Crippen molar-refractivity contribution in [2.75, 3.05) is 13.1 Å². The van der Waals surface area contributed by atoms with Crippen LogP contribution in [0.2, 0.25) is 0 Å². The Kier molecular flexibility index (Phi) is 5.77. The third-order valence-corrected chi connectivity index (χ3v) is 3.38. The van der Waals surface area contributed by atoms with E-state index in [9.17, 15) is 0 Å². The lowest BCUT2D eigenvalue weighted by Gasteiger charge is -2.34. The fraction of sp³-hybridized carbons (Fsp3) is 1.00. The first kappa shape index (κ1) is 14.0. The Balaban J connectivity index is 2.24. The van der Waals surface area contributed by atoms with Crippen molar-refractivity contribution in [3.05, 3.63) is 0 Å². The largest absolute Gasteiger partial charge is 0.314 e. The average Bonchev–Trinajstić information content (AvgIpc) is 2.97. The zero-order valence-electron chi connectivity index (χ0n) is 11.8. The second-order valence-electron chi connectivity index (χ2n) is 6.05. The van der Waals surface area contributed by atoms with Gasteiger partial charge in [-0.3, -0.25) is 4.90 Å². The van der Waals surface area contributed by atoms with Crippen molar-refractivity contribution in [2.24, 2.45) is 5.92 Å². The Labute approximate surface area is 102 Å². The van der Waals surface area contributed by atoms with Crippen molar-refractivity contribution < 1.29 is 0 Å². The quantitative estimate of drug-likeness (QED) is 0.684. The summed E-state index contributed by atoms with van der Waals surface area (Å²) in [7, 11) is 0. The number of nitrogens with zero attached hydrogens (tertiary/aromatic N) is 1. The minimum Gasteiger partial charge on any atom is -0.314 e. The number of rotatable bonds is 8. The Hall–Kier alpha value is -0.0800. The smallest absolute Gasteiger partial charge is 0.00818 e. The molecule has 96 valence electrons. The maximum Gasteiger partial charge on any atom is 0.00818 e. The van der Waals surface area contributed by atoms with E-state index in [1.54, 1.807) is 0 Å². The normalized spacial score (nSPS) is 18.8. The molecule has 16 heavy (non-hydrogen) atoms. The van der Waals surface area contributed by atoms with Crippen molar-refractivity contribution in [3.8, 4) is 0 Å². The summed E-state index contributed by atoms with van der Waals surface area (Å²) in [6.45, 7) is 14.0. The Morgan fingerprint density at radius 2 is 1.75 bits per heavy atom. The molecule has 2 heteroatoms. The Morgan fingerprint density at radius 3 is 2.19 bits per heavy atom. The summed E-state index contributed by atoms with van der Waals surface area (Å²) in [5, 5.41) is 3.61. The van der Waals surface area contributed by atoms with Gasteiger partial charge in [0.2, 0.25) is 0 Å². The first-order valence-electron chi connectivity index (χ1n) is 6.99. The fourth-order valence-electron chi connectivity index (χ4n) is 2.27. The van der Waals surface area contributed by atoms with Gasteiger partial charge in [0.25, 0.3) is 0 Å². The van der Waals surface area contributed by atoms with Gasteiger partial charge >= 0.3 is 0 Å². The van der Waals surface area contributed by atoms with Crippen LogP contribution in [0.25, 0.3) is 0 Å². The second kappa shape index (κ2) is 6.61. The van der Waals surface area contributed by atoms with Gasteiger partial charge in [-0.05, 0) is 52.5 Å². The van der Waals surface area contributed by atoms with E-state index >= 15 is 0 Å². The summed E-state index contributed by atoms with van der Waals surface area (Å²) in [6.07, 6.45) is 4.07. The van der Waals surface area contributed by atoms with E-state index in [1.807, 2.05) is 0 Å². The van der Waals surface area contributed by atoms with Crippen LogP contribution in [0, 0.1) is 5.92 Å². The highest BCUT2D eigenvalue weighted by atomic mass is 15.2. The first-order chi connectivity index (χ1) is 7.50. The third kappa shape index (κ3) is 5.31. The third-order valence-electron chi connectivity index (χ3n) is 3.38. The molecule has 0 aliphatic heterocycles. The molecule has 1 aliphatic carbocycles. The van der Waals surface area contributed by atoms with Crippen molar-refractivity contribution in [3.63, 3.8) is 0 Å². The lowest BCUT2D eigenvalue weighted by atomic mass is 10.1. The topological polar surface area (TPSA) is 15.3 Å². The molecule has 0 saturated heterocycles. The van der Waals surface area contributed by atoms with E-state index in [1.165, 1.54) is 32.4 Å². The van der Waals surface area contributed by atoms with Crippen LogP contribution in [0.4, 0.5) is 0 Å². The molecule has 0 spiro atoms. The monoisotopic (exact) mass is 226 g/mol. The molecule has 0 aromatic heterocycles. The van der Waals surface area contributed by atoms with E-state index in [4.69, 9.17) is 0 Å². The van der Waals surface area contributed by atoms with Crippen LogP contribution in [0.15, 0.2) is 0 Å². The molecule has 0 bridgehead atoms. The van der Waals surface area contributed by atoms with Crippen molar-refractivity contribution in [1.29, 1.82) is 0 Å². The minimum atomic E-state index is 0.665. The highest BCUT2D eigenvalue weighted by Crippen LogP contribution is 2.19. The molecule has 0 radical (unpaired) electrons. The summed E-state index contributed by atoms with van der Waals surface area (Å²) in [6, 6.07) is 2.22. The van der Waals surface area contributed by atoms with Crippen LogP contribution in [0.1, 0.15) is 53.9 Å². The summed E-state index contributed by atoms with van der Waals surface area (Å²) in [5.74, 6) is 0.765. The van der Waals surface area contributed by atoms with Crippen LogP contribution in [0.5, 0.6) is 0 Å².